The SMILES string of the molecule is CC(C)(C)[S+]([O-])N[C@@H]1C/C=C\[C@@H](CN2CCOCC2)CS[C@H]2O[C@H]1[C@H](O)[C@H](O)[C@H]2O.O=CO. The zero-order valence-corrected chi connectivity index (χ0v) is 21.0. The van der Waals surface area contributed by atoms with E-state index in [1.54, 1.807) is 0 Å². The number of nitrogens with zero attached hydrogens (tertiary/aromatic N) is 1. The molecule has 1 unspecified atom stereocenters. The number of ether oxygens (including phenoxy) is 2. The van der Waals surface area contributed by atoms with E-state index in [1.807, 2.05) is 20.8 Å². The van der Waals surface area contributed by atoms with Gasteiger partial charge in [-0.2, -0.15) is 0 Å². The van der Waals surface area contributed by atoms with Crippen LogP contribution in [0, 0.1) is 5.92 Å². The molecule has 2 saturated heterocycles. The fraction of sp³-hybridized carbons (Fsp3) is 0.857. The van der Waals surface area contributed by atoms with E-state index >= 15 is 0 Å². The molecule has 5 N–H and O–H groups in total. The van der Waals surface area contributed by atoms with Crippen molar-refractivity contribution >= 4 is 29.6 Å². The Hall–Kier alpha value is -0.410. The molecule has 10 nitrogen and oxygen atoms in total. The molecular formula is C21H38N2O8S2. The van der Waals surface area contributed by atoms with Crippen LogP contribution in [0.5, 0.6) is 0 Å². The summed E-state index contributed by atoms with van der Waals surface area (Å²) in [5.74, 6) is 0.982. The second-order valence-electron chi connectivity index (χ2n) is 9.32. The molecule has 0 aliphatic carbocycles. The van der Waals surface area contributed by atoms with E-state index in [9.17, 15) is 19.9 Å². The molecule has 0 spiro atoms. The highest BCUT2D eigenvalue weighted by Gasteiger charge is 2.48. The fourth-order valence-electron chi connectivity index (χ4n) is 3.83. The molecule has 33 heavy (non-hydrogen) atoms. The lowest BCUT2D eigenvalue weighted by atomic mass is 9.93. The summed E-state index contributed by atoms with van der Waals surface area (Å²) in [5, 5.41) is 38.4. The van der Waals surface area contributed by atoms with Gasteiger partial charge in [-0.25, -0.2) is 0 Å². The first-order valence-electron chi connectivity index (χ1n) is 11.1. The molecule has 2 bridgehead atoms. The van der Waals surface area contributed by atoms with E-state index in [-0.39, 0.29) is 12.4 Å². The monoisotopic (exact) mass is 510 g/mol. The van der Waals surface area contributed by atoms with Gasteiger partial charge >= 0.3 is 0 Å². The third-order valence-corrected chi connectivity index (χ3v) is 8.66. The maximum atomic E-state index is 12.7. The molecule has 0 amide bonds. The summed E-state index contributed by atoms with van der Waals surface area (Å²) in [4.78, 5) is 10.7. The van der Waals surface area contributed by atoms with Gasteiger partial charge in [0.1, 0.15) is 34.6 Å². The van der Waals surface area contributed by atoms with E-state index in [2.05, 4.69) is 21.8 Å². The lowest BCUT2D eigenvalue weighted by molar-refractivity contribution is -0.203. The molecular weight excluding hydrogens is 472 g/mol. The molecule has 0 saturated carbocycles. The van der Waals surface area contributed by atoms with Crippen LogP contribution in [0.1, 0.15) is 27.2 Å². The van der Waals surface area contributed by atoms with Crippen LogP contribution in [-0.4, -0.2) is 116 Å². The largest absolute Gasteiger partial charge is 0.598 e. The molecule has 12 heteroatoms. The summed E-state index contributed by atoms with van der Waals surface area (Å²) in [7, 11) is 0. The summed E-state index contributed by atoms with van der Waals surface area (Å²) >= 11 is 0.0908. The second-order valence-corrected chi connectivity index (χ2v) is 12.5. The minimum atomic E-state index is -1.37. The number of hydrogen-bond acceptors (Lipinski definition) is 10. The van der Waals surface area contributed by atoms with Gasteiger partial charge in [0.05, 0.1) is 19.3 Å². The van der Waals surface area contributed by atoms with Crippen molar-refractivity contribution in [2.45, 2.75) is 67.8 Å². The number of carbonyl (C=O) groups is 1. The summed E-state index contributed by atoms with van der Waals surface area (Å²) in [6, 6.07) is -0.455. The lowest BCUT2D eigenvalue weighted by Crippen LogP contribution is -2.63. The molecule has 3 aliphatic rings. The van der Waals surface area contributed by atoms with E-state index in [1.165, 1.54) is 11.8 Å². The van der Waals surface area contributed by atoms with Crippen LogP contribution in [0.2, 0.25) is 0 Å². The highest BCUT2D eigenvalue weighted by molar-refractivity contribution is 7.99. The standard InChI is InChI=1S/C20H36N2O6S2.CH2O2/c1-20(2,3)30(26)21-14-6-4-5-13(11-22-7-9-27-10-8-22)12-29-19-17(25)15(23)16(24)18(14)28-19;2-1-3/h4-5,13-19,21,23-25H,6-12H2,1-3H3;1H,(H,2,3)/b5-4-;/t13-,14+,15-,16+,17+,18+,19+,30?;/m0./s1. The Morgan fingerprint density at radius 1 is 1.21 bits per heavy atom. The van der Waals surface area contributed by atoms with Gasteiger partial charge in [0.25, 0.3) is 6.47 Å². The Bertz CT molecular complexity index is 618. The minimum absolute atomic E-state index is 0.248. The number of aliphatic hydroxyl groups excluding tert-OH is 3. The van der Waals surface area contributed by atoms with Gasteiger partial charge in [0, 0.05) is 36.7 Å². The van der Waals surface area contributed by atoms with Crippen molar-refractivity contribution in [2.75, 3.05) is 38.6 Å². The molecule has 3 heterocycles. The molecule has 0 aromatic rings. The first kappa shape index (κ1) is 28.8. The fourth-order valence-corrected chi connectivity index (χ4v) is 5.91. The first-order valence-corrected chi connectivity index (χ1v) is 13.3. The first-order chi connectivity index (χ1) is 15.6. The summed E-state index contributed by atoms with van der Waals surface area (Å²) in [6.45, 7) is 9.55. The highest BCUT2D eigenvalue weighted by atomic mass is 32.2. The summed E-state index contributed by atoms with van der Waals surface area (Å²) < 4.78 is 26.8. The van der Waals surface area contributed by atoms with Gasteiger partial charge < -0.3 is 34.5 Å². The summed E-state index contributed by atoms with van der Waals surface area (Å²) in [6.07, 6.45) is 0.210. The van der Waals surface area contributed by atoms with Gasteiger partial charge in [-0.1, -0.05) is 12.2 Å². The van der Waals surface area contributed by atoms with Gasteiger partial charge in [0.2, 0.25) is 0 Å². The lowest BCUT2D eigenvalue weighted by Gasteiger charge is -2.44. The number of aliphatic hydroxyl groups is 3. The van der Waals surface area contributed by atoms with Gasteiger partial charge in [-0.3, -0.25) is 9.69 Å². The van der Waals surface area contributed by atoms with E-state index in [4.69, 9.17) is 19.4 Å². The Morgan fingerprint density at radius 3 is 2.45 bits per heavy atom. The number of hydrogen-bond donors (Lipinski definition) is 5. The molecule has 0 aromatic carbocycles. The van der Waals surface area contributed by atoms with Gasteiger partial charge in [-0.05, 0) is 33.1 Å². The number of fused-ring (bicyclic) bond motifs is 2. The average Bonchev–Trinajstić information content (AvgIpc) is 2.76. The Morgan fingerprint density at radius 2 is 1.85 bits per heavy atom. The number of morpholine rings is 1. The maximum Gasteiger partial charge on any atom is 0.290 e. The smallest absolute Gasteiger partial charge is 0.290 e. The number of nitrogens with one attached hydrogen (secondary N) is 1. The van der Waals surface area contributed by atoms with Crippen LogP contribution >= 0.6 is 11.8 Å². The molecule has 0 aromatic heterocycles. The number of rotatable bonds is 4. The topological polar surface area (TPSA) is 155 Å². The average molecular weight is 511 g/mol. The van der Waals surface area contributed by atoms with Gasteiger partial charge in [0.15, 0.2) is 0 Å². The Labute approximate surface area is 203 Å². The highest BCUT2D eigenvalue weighted by Crippen LogP contribution is 2.33. The number of carboxylic acid groups (broad SMARTS) is 1. The predicted octanol–water partition coefficient (Wildman–Crippen LogP) is -0.443. The van der Waals surface area contributed by atoms with Crippen LogP contribution in [0.4, 0.5) is 0 Å². The van der Waals surface area contributed by atoms with Crippen molar-refractivity contribution in [2.24, 2.45) is 5.92 Å². The van der Waals surface area contributed by atoms with Crippen LogP contribution in [-0.2, 0) is 25.6 Å². The van der Waals surface area contributed by atoms with Crippen molar-refractivity contribution < 1.29 is 39.2 Å². The number of thioether (sulfide) groups is 1. The van der Waals surface area contributed by atoms with Gasteiger partial charge in [-0.15, -0.1) is 16.5 Å². The zero-order valence-electron chi connectivity index (χ0n) is 19.4. The Balaban J connectivity index is 0.00000122. The van der Waals surface area contributed by atoms with Crippen LogP contribution < -0.4 is 4.72 Å². The minimum Gasteiger partial charge on any atom is -0.598 e. The van der Waals surface area contributed by atoms with Crippen molar-refractivity contribution in [3.8, 4) is 0 Å². The van der Waals surface area contributed by atoms with Crippen LogP contribution in [0.25, 0.3) is 0 Å². The molecule has 0 radical (unpaired) electrons. The van der Waals surface area contributed by atoms with Crippen molar-refractivity contribution in [1.29, 1.82) is 0 Å². The zero-order chi connectivity index (χ0) is 24.6. The van der Waals surface area contributed by atoms with E-state index in [0.717, 1.165) is 38.6 Å². The molecule has 192 valence electrons. The quantitative estimate of drug-likeness (QED) is 0.190. The molecule has 2 fully saturated rings. The predicted molar refractivity (Wildman–Crippen MR) is 127 cm³/mol. The normalized spacial score (nSPS) is 37.8. The van der Waals surface area contributed by atoms with Crippen molar-refractivity contribution in [3.63, 3.8) is 0 Å². The molecule has 3 aliphatic heterocycles. The molecule has 8 atom stereocenters. The third kappa shape index (κ3) is 8.64. The maximum absolute atomic E-state index is 12.7. The second kappa shape index (κ2) is 13.6. The van der Waals surface area contributed by atoms with Crippen LogP contribution in [0.3, 0.4) is 0 Å². The molecule has 3 rings (SSSR count). The van der Waals surface area contributed by atoms with Crippen molar-refractivity contribution in [1.82, 2.24) is 9.62 Å². The van der Waals surface area contributed by atoms with Crippen LogP contribution in [0.15, 0.2) is 12.2 Å². The Kier molecular flexibility index (Phi) is 11.9. The van der Waals surface area contributed by atoms with Crippen molar-refractivity contribution in [3.05, 3.63) is 12.2 Å². The third-order valence-electron chi connectivity index (χ3n) is 5.69. The van der Waals surface area contributed by atoms with E-state index in [0.29, 0.717) is 6.42 Å². The van der Waals surface area contributed by atoms with E-state index < -0.39 is 52.0 Å². The summed E-state index contributed by atoms with van der Waals surface area (Å²) in [5.41, 5.74) is -0.653.